The van der Waals surface area contributed by atoms with Gasteiger partial charge in [0.1, 0.15) is 11.4 Å². The number of aromatic nitrogens is 1. The van der Waals surface area contributed by atoms with Crippen molar-refractivity contribution in [3.05, 3.63) is 69.9 Å². The van der Waals surface area contributed by atoms with Crippen LogP contribution in [0.15, 0.2) is 48.1 Å². The quantitative estimate of drug-likeness (QED) is 0.277. The zero-order valence-corrected chi connectivity index (χ0v) is 20.4. The average molecular weight is 572 g/mol. The van der Waals surface area contributed by atoms with E-state index >= 15 is 0 Å². The Hall–Kier alpha value is -4.32. The third-order valence-corrected chi connectivity index (χ3v) is 6.11. The van der Waals surface area contributed by atoms with Gasteiger partial charge in [0, 0.05) is 25.3 Å². The normalized spacial score (nSPS) is 13.8. The Balaban J connectivity index is 1.78. The summed E-state index contributed by atoms with van der Waals surface area (Å²) in [5.74, 6) is 0.672. The fraction of sp³-hybridized carbons (Fsp3) is 0.208. The van der Waals surface area contributed by atoms with Gasteiger partial charge >= 0.3 is 24.5 Å². The standard InChI is InChI=1S/C24H15F7N4O3S/c1-33(16-4-2-15(25)3-5-16)22(37)38-20-18(24(29,30)31)10-14(23(26,27)28)11-19(20)35-9-8-34(21(35)36)7-6-17-12-32-13-39-17/h2-5,10-13H,8-9H2,1H3. The van der Waals surface area contributed by atoms with E-state index in [0.29, 0.717) is 15.8 Å². The minimum atomic E-state index is -5.41. The Labute approximate surface area is 220 Å². The predicted molar refractivity (Wildman–Crippen MR) is 126 cm³/mol. The first kappa shape index (κ1) is 27.7. The van der Waals surface area contributed by atoms with E-state index in [1.807, 2.05) is 0 Å². The monoisotopic (exact) mass is 572 g/mol. The van der Waals surface area contributed by atoms with Crippen LogP contribution in [0.4, 0.5) is 51.7 Å². The lowest BCUT2D eigenvalue weighted by Crippen LogP contribution is -2.33. The molecule has 15 heteroatoms. The second-order valence-electron chi connectivity index (χ2n) is 7.96. The van der Waals surface area contributed by atoms with E-state index in [1.54, 1.807) is 0 Å². The van der Waals surface area contributed by atoms with Gasteiger partial charge in [-0.2, -0.15) is 26.3 Å². The van der Waals surface area contributed by atoms with Crippen molar-refractivity contribution in [2.24, 2.45) is 0 Å². The van der Waals surface area contributed by atoms with Crippen molar-refractivity contribution in [1.82, 2.24) is 9.88 Å². The molecule has 3 amide bonds. The Morgan fingerprint density at radius 2 is 1.77 bits per heavy atom. The van der Waals surface area contributed by atoms with Crippen LogP contribution in [0, 0.1) is 17.8 Å². The van der Waals surface area contributed by atoms with Gasteiger partial charge in [0.2, 0.25) is 0 Å². The Kier molecular flexibility index (Phi) is 7.42. The number of halogens is 7. The van der Waals surface area contributed by atoms with E-state index in [4.69, 9.17) is 4.74 Å². The molecule has 3 aromatic rings. The van der Waals surface area contributed by atoms with Gasteiger partial charge in [-0.05, 0) is 42.3 Å². The number of urea groups is 1. The van der Waals surface area contributed by atoms with Gasteiger partial charge < -0.3 is 4.74 Å². The summed E-state index contributed by atoms with van der Waals surface area (Å²) in [5, 5.41) is 0. The van der Waals surface area contributed by atoms with Crippen molar-refractivity contribution < 1.29 is 45.1 Å². The fourth-order valence-electron chi connectivity index (χ4n) is 3.49. The van der Waals surface area contributed by atoms with E-state index in [2.05, 4.69) is 16.9 Å². The molecule has 2 heterocycles. The molecule has 0 unspecified atom stereocenters. The molecule has 0 atom stereocenters. The summed E-state index contributed by atoms with van der Waals surface area (Å²) in [6.45, 7) is -0.516. The maximum atomic E-state index is 14.0. The van der Waals surface area contributed by atoms with Crippen LogP contribution < -0.4 is 14.5 Å². The summed E-state index contributed by atoms with van der Waals surface area (Å²) in [4.78, 5) is 32.3. The van der Waals surface area contributed by atoms with Crippen LogP contribution in [0.5, 0.6) is 5.75 Å². The number of hydrogen-bond donors (Lipinski definition) is 0. The molecule has 0 aliphatic carbocycles. The molecule has 0 radical (unpaired) electrons. The molecule has 4 rings (SSSR count). The largest absolute Gasteiger partial charge is 0.420 e. The summed E-state index contributed by atoms with van der Waals surface area (Å²) < 4.78 is 101. The van der Waals surface area contributed by atoms with Gasteiger partial charge in [-0.3, -0.25) is 19.7 Å². The highest BCUT2D eigenvalue weighted by Gasteiger charge is 2.44. The number of hydrogen-bond acceptors (Lipinski definition) is 5. The van der Waals surface area contributed by atoms with Crippen molar-refractivity contribution >= 4 is 34.8 Å². The first-order valence-electron chi connectivity index (χ1n) is 10.8. The number of amides is 3. The minimum absolute atomic E-state index is 0.0187. The van der Waals surface area contributed by atoms with Crippen molar-refractivity contribution in [1.29, 1.82) is 0 Å². The molecule has 2 aromatic carbocycles. The Bertz CT molecular complexity index is 1450. The van der Waals surface area contributed by atoms with Gasteiger partial charge in [-0.1, -0.05) is 0 Å². The molecule has 0 spiro atoms. The maximum Gasteiger partial charge on any atom is 0.420 e. The number of carbonyl (C=O) groups excluding carboxylic acids is 2. The second kappa shape index (κ2) is 10.4. The Morgan fingerprint density at radius 3 is 2.36 bits per heavy atom. The molecule has 204 valence electrons. The van der Waals surface area contributed by atoms with Gasteiger partial charge in [0.25, 0.3) is 0 Å². The number of rotatable bonds is 3. The second-order valence-corrected chi connectivity index (χ2v) is 8.85. The molecule has 0 N–H and O–H groups in total. The Morgan fingerprint density at radius 1 is 1.08 bits per heavy atom. The lowest BCUT2D eigenvalue weighted by atomic mass is 10.1. The fourth-order valence-corrected chi connectivity index (χ4v) is 3.95. The highest BCUT2D eigenvalue weighted by molar-refractivity contribution is 7.10. The van der Waals surface area contributed by atoms with E-state index in [1.165, 1.54) is 11.7 Å². The van der Waals surface area contributed by atoms with Crippen LogP contribution in [0.3, 0.4) is 0 Å². The molecule has 1 aliphatic heterocycles. The smallest absolute Gasteiger partial charge is 0.407 e. The van der Waals surface area contributed by atoms with E-state index in [-0.39, 0.29) is 24.8 Å². The number of carbonyl (C=O) groups is 2. The summed E-state index contributed by atoms with van der Waals surface area (Å²) in [7, 11) is 1.10. The highest BCUT2D eigenvalue weighted by atomic mass is 32.1. The van der Waals surface area contributed by atoms with E-state index in [9.17, 15) is 40.3 Å². The van der Waals surface area contributed by atoms with Crippen LogP contribution in [0.1, 0.15) is 16.0 Å². The lowest BCUT2D eigenvalue weighted by Gasteiger charge is -2.25. The zero-order chi connectivity index (χ0) is 28.5. The number of anilines is 2. The van der Waals surface area contributed by atoms with Gasteiger partial charge in [0.05, 0.1) is 34.4 Å². The van der Waals surface area contributed by atoms with Gasteiger partial charge in [-0.15, -0.1) is 11.3 Å². The van der Waals surface area contributed by atoms with Crippen LogP contribution in [0.25, 0.3) is 0 Å². The van der Waals surface area contributed by atoms with E-state index in [0.717, 1.165) is 52.4 Å². The molecule has 1 aromatic heterocycles. The molecule has 7 nitrogen and oxygen atoms in total. The zero-order valence-electron chi connectivity index (χ0n) is 19.6. The first-order valence-corrected chi connectivity index (χ1v) is 11.7. The summed E-state index contributed by atoms with van der Waals surface area (Å²) in [6, 6.07) is 5.81. The van der Waals surface area contributed by atoms with Crippen LogP contribution in [-0.4, -0.2) is 42.1 Å². The summed E-state index contributed by atoms with van der Waals surface area (Å²) in [5.41, 5.74) is -3.06. The van der Waals surface area contributed by atoms with Crippen LogP contribution in [-0.2, 0) is 12.4 Å². The number of alkyl halides is 6. The van der Waals surface area contributed by atoms with Gasteiger partial charge in [0.15, 0.2) is 5.75 Å². The van der Waals surface area contributed by atoms with E-state index < -0.39 is 52.9 Å². The SMILES string of the molecule is CN(C(=O)Oc1c(N2CCN(C#Cc3cncs3)C2=O)cc(C(F)(F)F)cc1C(F)(F)F)c1ccc(F)cc1. The first-order chi connectivity index (χ1) is 18.3. The molecular weight excluding hydrogens is 557 g/mol. The molecule has 0 bridgehead atoms. The summed E-state index contributed by atoms with van der Waals surface area (Å²) >= 11 is 1.16. The molecule has 0 saturated carbocycles. The maximum absolute atomic E-state index is 14.0. The average Bonchev–Trinajstić information content (AvgIpc) is 3.51. The third kappa shape index (κ3) is 6.06. The van der Waals surface area contributed by atoms with Crippen molar-refractivity contribution in [3.63, 3.8) is 0 Å². The minimum Gasteiger partial charge on any atom is -0.407 e. The van der Waals surface area contributed by atoms with Crippen LogP contribution >= 0.6 is 11.3 Å². The van der Waals surface area contributed by atoms with Gasteiger partial charge in [-0.25, -0.2) is 14.0 Å². The van der Waals surface area contributed by atoms with Crippen LogP contribution in [0.2, 0.25) is 0 Å². The predicted octanol–water partition coefficient (Wildman–Crippen LogP) is 6.21. The molecule has 39 heavy (non-hydrogen) atoms. The molecule has 1 aliphatic rings. The van der Waals surface area contributed by atoms with Crippen molar-refractivity contribution in [2.45, 2.75) is 12.4 Å². The number of nitrogens with zero attached hydrogens (tertiary/aromatic N) is 4. The number of benzene rings is 2. The molecule has 1 fully saturated rings. The third-order valence-electron chi connectivity index (χ3n) is 5.43. The number of thiazole rings is 1. The topological polar surface area (TPSA) is 66.0 Å². The molecular formula is C24H15F7N4O3S. The molecule has 1 saturated heterocycles. The summed E-state index contributed by atoms with van der Waals surface area (Å²) in [6.07, 6.45) is -10.7. The lowest BCUT2D eigenvalue weighted by molar-refractivity contribution is -0.143. The highest BCUT2D eigenvalue weighted by Crippen LogP contribution is 2.47. The number of ether oxygens (including phenoxy) is 1. The van der Waals surface area contributed by atoms with Crippen molar-refractivity contribution in [2.75, 3.05) is 29.9 Å². The van der Waals surface area contributed by atoms with Crippen molar-refractivity contribution in [3.8, 4) is 17.7 Å².